The van der Waals surface area contributed by atoms with Gasteiger partial charge in [-0.1, -0.05) is 45.8 Å². The van der Waals surface area contributed by atoms with Crippen LogP contribution in [0.15, 0.2) is 46.9 Å². The number of rotatable bonds is 5. The molecule has 2 amide bonds. The van der Waals surface area contributed by atoms with Crippen LogP contribution in [0.25, 0.3) is 0 Å². The molecule has 0 spiro atoms. The first-order chi connectivity index (χ1) is 10.9. The average molecular weight is 375 g/mol. The fourth-order valence-corrected chi connectivity index (χ4v) is 2.44. The standard InChI is InChI=1S/C18H19BrN2O2/c1-12-3-8-16(13(2)9-12)21-18(23)11-20-17(22)10-14-4-6-15(19)7-5-14/h3-9H,10-11H2,1-2H3,(H,20,22)(H,21,23). The zero-order chi connectivity index (χ0) is 16.8. The molecule has 0 aromatic heterocycles. The zero-order valence-corrected chi connectivity index (χ0v) is 14.7. The van der Waals surface area contributed by atoms with Crippen molar-refractivity contribution in [2.45, 2.75) is 20.3 Å². The van der Waals surface area contributed by atoms with Gasteiger partial charge in [-0.3, -0.25) is 9.59 Å². The molecule has 2 N–H and O–H groups in total. The van der Waals surface area contributed by atoms with Crippen LogP contribution < -0.4 is 10.6 Å². The van der Waals surface area contributed by atoms with Gasteiger partial charge in [0.1, 0.15) is 0 Å². The summed E-state index contributed by atoms with van der Waals surface area (Å²) >= 11 is 3.35. The molecule has 0 aliphatic rings. The maximum absolute atomic E-state index is 11.9. The molecule has 2 aromatic carbocycles. The Morgan fingerprint density at radius 1 is 1.00 bits per heavy atom. The molecule has 0 aliphatic heterocycles. The van der Waals surface area contributed by atoms with Crippen LogP contribution in [0.2, 0.25) is 0 Å². The van der Waals surface area contributed by atoms with Gasteiger partial charge in [0.05, 0.1) is 13.0 Å². The summed E-state index contributed by atoms with van der Waals surface area (Å²) in [6.45, 7) is 3.90. The zero-order valence-electron chi connectivity index (χ0n) is 13.2. The van der Waals surface area contributed by atoms with Crippen molar-refractivity contribution < 1.29 is 9.59 Å². The third kappa shape index (κ3) is 5.53. The van der Waals surface area contributed by atoms with Crippen molar-refractivity contribution >= 4 is 33.4 Å². The Morgan fingerprint density at radius 3 is 2.35 bits per heavy atom. The molecular formula is C18H19BrN2O2. The van der Waals surface area contributed by atoms with E-state index in [0.29, 0.717) is 0 Å². The first-order valence-electron chi connectivity index (χ1n) is 7.32. The molecule has 0 unspecified atom stereocenters. The fraction of sp³-hybridized carbons (Fsp3) is 0.222. The third-order valence-electron chi connectivity index (χ3n) is 3.38. The molecule has 0 bridgehead atoms. The Bertz CT molecular complexity index is 711. The monoisotopic (exact) mass is 374 g/mol. The number of nitrogens with one attached hydrogen (secondary N) is 2. The highest BCUT2D eigenvalue weighted by Gasteiger charge is 2.08. The molecule has 0 radical (unpaired) electrons. The number of anilines is 1. The highest BCUT2D eigenvalue weighted by atomic mass is 79.9. The molecule has 0 saturated heterocycles. The molecule has 120 valence electrons. The number of amides is 2. The van der Waals surface area contributed by atoms with Gasteiger partial charge < -0.3 is 10.6 Å². The van der Waals surface area contributed by atoms with E-state index in [9.17, 15) is 9.59 Å². The van der Waals surface area contributed by atoms with Gasteiger partial charge in [-0.15, -0.1) is 0 Å². The summed E-state index contributed by atoms with van der Waals surface area (Å²) in [4.78, 5) is 23.8. The first-order valence-corrected chi connectivity index (χ1v) is 8.11. The minimum Gasteiger partial charge on any atom is -0.347 e. The average Bonchev–Trinajstić information content (AvgIpc) is 2.50. The summed E-state index contributed by atoms with van der Waals surface area (Å²) in [5.41, 5.74) is 3.81. The fourth-order valence-electron chi connectivity index (χ4n) is 2.18. The number of aryl methyl sites for hydroxylation is 2. The second-order valence-corrected chi connectivity index (χ2v) is 6.36. The van der Waals surface area contributed by atoms with Gasteiger partial charge in [-0.2, -0.15) is 0 Å². The summed E-state index contributed by atoms with van der Waals surface area (Å²) < 4.78 is 0.967. The second kappa shape index (κ2) is 7.92. The molecule has 0 atom stereocenters. The number of benzene rings is 2. The van der Waals surface area contributed by atoms with Gasteiger partial charge in [0.25, 0.3) is 0 Å². The highest BCUT2D eigenvalue weighted by molar-refractivity contribution is 9.10. The van der Waals surface area contributed by atoms with Crippen molar-refractivity contribution in [2.75, 3.05) is 11.9 Å². The summed E-state index contributed by atoms with van der Waals surface area (Å²) in [5.74, 6) is -0.413. The molecule has 4 nitrogen and oxygen atoms in total. The first kappa shape index (κ1) is 17.2. The lowest BCUT2D eigenvalue weighted by Gasteiger charge is -2.10. The van der Waals surface area contributed by atoms with E-state index in [1.54, 1.807) is 0 Å². The Balaban J connectivity index is 1.81. The molecule has 23 heavy (non-hydrogen) atoms. The Hall–Kier alpha value is -2.14. The van der Waals surface area contributed by atoms with Crippen LogP contribution in [-0.2, 0) is 16.0 Å². The predicted molar refractivity (Wildman–Crippen MR) is 95.4 cm³/mol. The summed E-state index contributed by atoms with van der Waals surface area (Å²) in [6.07, 6.45) is 0.254. The van der Waals surface area contributed by atoms with Gasteiger partial charge in [-0.25, -0.2) is 0 Å². The van der Waals surface area contributed by atoms with E-state index in [4.69, 9.17) is 0 Å². The number of halogens is 1. The van der Waals surface area contributed by atoms with Crippen molar-refractivity contribution in [2.24, 2.45) is 0 Å². The molecular weight excluding hydrogens is 356 g/mol. The Labute approximate surface area is 144 Å². The van der Waals surface area contributed by atoms with E-state index >= 15 is 0 Å². The third-order valence-corrected chi connectivity index (χ3v) is 3.91. The second-order valence-electron chi connectivity index (χ2n) is 5.45. The van der Waals surface area contributed by atoms with E-state index in [-0.39, 0.29) is 24.8 Å². The molecule has 0 saturated carbocycles. The number of carbonyl (C=O) groups excluding carboxylic acids is 2. The minimum atomic E-state index is -0.235. The van der Waals surface area contributed by atoms with E-state index < -0.39 is 0 Å². The quantitative estimate of drug-likeness (QED) is 0.842. The maximum atomic E-state index is 11.9. The SMILES string of the molecule is Cc1ccc(NC(=O)CNC(=O)Cc2ccc(Br)cc2)c(C)c1. The minimum absolute atomic E-state index is 0.0390. The van der Waals surface area contributed by atoms with Gasteiger partial charge in [0.2, 0.25) is 11.8 Å². The van der Waals surface area contributed by atoms with Gasteiger partial charge in [0, 0.05) is 10.2 Å². The van der Waals surface area contributed by atoms with E-state index in [1.165, 1.54) is 0 Å². The van der Waals surface area contributed by atoms with Crippen LogP contribution in [0.5, 0.6) is 0 Å². The largest absolute Gasteiger partial charge is 0.347 e. The van der Waals surface area contributed by atoms with Crippen molar-refractivity contribution in [3.8, 4) is 0 Å². The summed E-state index contributed by atoms with van der Waals surface area (Å²) in [5, 5.41) is 5.44. The molecule has 2 aromatic rings. The number of hydrogen-bond donors (Lipinski definition) is 2. The molecule has 2 rings (SSSR count). The lowest BCUT2D eigenvalue weighted by molar-refractivity contribution is -0.123. The molecule has 0 fully saturated rings. The summed E-state index contributed by atoms with van der Waals surface area (Å²) in [6, 6.07) is 13.3. The maximum Gasteiger partial charge on any atom is 0.243 e. The van der Waals surface area contributed by atoms with E-state index in [1.807, 2.05) is 56.3 Å². The van der Waals surface area contributed by atoms with Crippen LogP contribution in [0.3, 0.4) is 0 Å². The molecule has 5 heteroatoms. The van der Waals surface area contributed by atoms with E-state index in [2.05, 4.69) is 26.6 Å². The lowest BCUT2D eigenvalue weighted by Crippen LogP contribution is -2.33. The Morgan fingerprint density at radius 2 is 1.70 bits per heavy atom. The van der Waals surface area contributed by atoms with Crippen molar-refractivity contribution in [3.05, 3.63) is 63.6 Å². The van der Waals surface area contributed by atoms with Crippen LogP contribution in [0, 0.1) is 13.8 Å². The summed E-state index contributed by atoms with van der Waals surface area (Å²) in [7, 11) is 0. The van der Waals surface area contributed by atoms with Crippen LogP contribution in [0.4, 0.5) is 5.69 Å². The van der Waals surface area contributed by atoms with Crippen LogP contribution in [0.1, 0.15) is 16.7 Å². The van der Waals surface area contributed by atoms with Crippen LogP contribution >= 0.6 is 15.9 Å². The van der Waals surface area contributed by atoms with Crippen molar-refractivity contribution in [1.82, 2.24) is 5.32 Å². The predicted octanol–water partition coefficient (Wildman–Crippen LogP) is 3.36. The number of hydrogen-bond acceptors (Lipinski definition) is 2. The normalized spacial score (nSPS) is 10.2. The lowest BCUT2D eigenvalue weighted by atomic mass is 10.1. The van der Waals surface area contributed by atoms with E-state index in [0.717, 1.165) is 26.9 Å². The van der Waals surface area contributed by atoms with Crippen LogP contribution in [-0.4, -0.2) is 18.4 Å². The smallest absolute Gasteiger partial charge is 0.243 e. The number of carbonyl (C=O) groups is 2. The van der Waals surface area contributed by atoms with Crippen molar-refractivity contribution in [1.29, 1.82) is 0 Å². The molecule has 0 aliphatic carbocycles. The van der Waals surface area contributed by atoms with Gasteiger partial charge in [-0.05, 0) is 43.2 Å². The highest BCUT2D eigenvalue weighted by Crippen LogP contribution is 2.15. The Kier molecular flexibility index (Phi) is 5.93. The van der Waals surface area contributed by atoms with Gasteiger partial charge >= 0.3 is 0 Å². The molecule has 0 heterocycles. The van der Waals surface area contributed by atoms with Crippen molar-refractivity contribution in [3.63, 3.8) is 0 Å². The topological polar surface area (TPSA) is 58.2 Å². The van der Waals surface area contributed by atoms with Gasteiger partial charge in [0.15, 0.2) is 0 Å².